The lowest BCUT2D eigenvalue weighted by Crippen LogP contribution is -2.26. The molecule has 128 valence electrons. The predicted molar refractivity (Wildman–Crippen MR) is 86.7 cm³/mol. The predicted octanol–water partition coefficient (Wildman–Crippen LogP) is 1.41. The first-order valence-electron chi connectivity index (χ1n) is 7.09. The van der Waals surface area contributed by atoms with Crippen LogP contribution in [0.2, 0.25) is 0 Å². The first kappa shape index (κ1) is 19.0. The summed E-state index contributed by atoms with van der Waals surface area (Å²) in [5.41, 5.74) is 5.79. The zero-order valence-corrected chi connectivity index (χ0v) is 13.7. The first-order valence-corrected chi connectivity index (χ1v) is 7.09. The Bertz CT molecular complexity index is 700. The molecule has 0 aliphatic rings. The number of hydrogen-bond acceptors (Lipinski definition) is 6. The van der Waals surface area contributed by atoms with E-state index in [0.29, 0.717) is 5.56 Å². The second-order valence-electron chi connectivity index (χ2n) is 4.75. The topological polar surface area (TPSA) is 116 Å². The molecule has 0 fully saturated rings. The van der Waals surface area contributed by atoms with Gasteiger partial charge < -0.3 is 20.3 Å². The zero-order valence-electron chi connectivity index (χ0n) is 13.7. The Morgan fingerprint density at radius 2 is 1.79 bits per heavy atom. The van der Waals surface area contributed by atoms with E-state index in [0.717, 1.165) is 18.7 Å². The highest BCUT2D eigenvalue weighted by Gasteiger charge is 2.27. The summed E-state index contributed by atoms with van der Waals surface area (Å²) in [6.45, 7) is 3.40. The van der Waals surface area contributed by atoms with Crippen molar-refractivity contribution in [2.75, 3.05) is 13.7 Å². The third-order valence-corrected chi connectivity index (χ3v) is 3.00. The van der Waals surface area contributed by atoms with Crippen LogP contribution >= 0.6 is 0 Å². The molecule has 7 nitrogen and oxygen atoms in total. The number of methoxy groups -OCH3 is 1. The van der Waals surface area contributed by atoms with Gasteiger partial charge >= 0.3 is 5.97 Å². The highest BCUT2D eigenvalue weighted by atomic mass is 16.5. The number of rotatable bonds is 7. The van der Waals surface area contributed by atoms with Gasteiger partial charge in [-0.2, -0.15) is 0 Å². The van der Waals surface area contributed by atoms with E-state index in [2.05, 4.69) is 4.74 Å². The fourth-order valence-corrected chi connectivity index (χ4v) is 1.83. The molecule has 0 bridgehead atoms. The van der Waals surface area contributed by atoms with Crippen molar-refractivity contribution >= 4 is 23.4 Å². The molecule has 0 saturated heterocycles. The first-order chi connectivity index (χ1) is 11.3. The summed E-state index contributed by atoms with van der Waals surface area (Å²) in [6, 6.07) is 6.74. The number of hydrogen-bond donors (Lipinski definition) is 2. The molecule has 7 heteroatoms. The fourth-order valence-electron chi connectivity index (χ4n) is 1.83. The summed E-state index contributed by atoms with van der Waals surface area (Å²) in [5, 5.41) is 10.0. The van der Waals surface area contributed by atoms with E-state index in [4.69, 9.17) is 10.5 Å². The number of amides is 1. The Morgan fingerprint density at radius 1 is 1.21 bits per heavy atom. The van der Waals surface area contributed by atoms with Crippen molar-refractivity contribution in [2.24, 2.45) is 5.73 Å². The summed E-state index contributed by atoms with van der Waals surface area (Å²) in [5.74, 6) is -4.07. The van der Waals surface area contributed by atoms with E-state index >= 15 is 0 Å². The van der Waals surface area contributed by atoms with E-state index in [1.54, 1.807) is 24.3 Å². The molecule has 0 aromatic heterocycles. The van der Waals surface area contributed by atoms with Crippen LogP contribution < -0.4 is 5.73 Å². The van der Waals surface area contributed by atoms with Gasteiger partial charge in [0.25, 0.3) is 5.91 Å². The average molecular weight is 333 g/mol. The quantitative estimate of drug-likeness (QED) is 0.256. The van der Waals surface area contributed by atoms with Crippen molar-refractivity contribution in [1.29, 1.82) is 0 Å². The monoisotopic (exact) mass is 333 g/mol. The number of primary amides is 1. The van der Waals surface area contributed by atoms with Crippen LogP contribution in [-0.4, -0.2) is 36.5 Å². The van der Waals surface area contributed by atoms with Gasteiger partial charge in [0, 0.05) is 11.6 Å². The number of aliphatic hydroxyl groups is 1. The van der Waals surface area contributed by atoms with Gasteiger partial charge in [-0.25, -0.2) is 4.79 Å². The summed E-state index contributed by atoms with van der Waals surface area (Å²) in [6.07, 6.45) is 0.839. The number of nitrogens with two attached hydrogens (primary N) is 1. The second-order valence-corrected chi connectivity index (χ2v) is 4.75. The molecule has 0 aliphatic carbocycles. The summed E-state index contributed by atoms with van der Waals surface area (Å²) < 4.78 is 9.52. The maximum Gasteiger partial charge on any atom is 0.347 e. The van der Waals surface area contributed by atoms with Crippen LogP contribution in [0.3, 0.4) is 0 Å². The Balaban J connectivity index is 3.26. The van der Waals surface area contributed by atoms with Crippen LogP contribution in [0.15, 0.2) is 41.7 Å². The molecule has 24 heavy (non-hydrogen) atoms. The van der Waals surface area contributed by atoms with E-state index in [9.17, 15) is 19.5 Å². The number of esters is 1. The summed E-state index contributed by atoms with van der Waals surface area (Å²) >= 11 is 0. The average Bonchev–Trinajstić information content (AvgIpc) is 2.52. The molecular weight excluding hydrogens is 314 g/mol. The summed E-state index contributed by atoms with van der Waals surface area (Å²) in [4.78, 5) is 35.5. The van der Waals surface area contributed by atoms with Gasteiger partial charge in [-0.1, -0.05) is 29.8 Å². The van der Waals surface area contributed by atoms with Crippen LogP contribution in [0.25, 0.3) is 5.76 Å². The number of aryl methyl sites for hydroxylation is 1. The van der Waals surface area contributed by atoms with Gasteiger partial charge in [0.2, 0.25) is 5.78 Å². The van der Waals surface area contributed by atoms with Crippen LogP contribution in [0.4, 0.5) is 0 Å². The molecule has 1 rings (SSSR count). The molecule has 0 radical (unpaired) electrons. The molecule has 0 unspecified atom stereocenters. The van der Waals surface area contributed by atoms with Crippen molar-refractivity contribution in [3.8, 4) is 0 Å². The number of carbonyl (C=O) groups excluding carboxylic acids is 3. The number of benzene rings is 1. The number of allylic oxidation sites excluding steroid dienone is 1. The lowest BCUT2D eigenvalue weighted by atomic mass is 10.1. The summed E-state index contributed by atoms with van der Waals surface area (Å²) in [7, 11) is 1.10. The Labute approximate surface area is 139 Å². The second kappa shape index (κ2) is 8.52. The number of carbonyl (C=O) groups is 3. The van der Waals surface area contributed by atoms with E-state index in [1.807, 2.05) is 6.92 Å². The fraction of sp³-hybridized carbons (Fsp3) is 0.235. The molecule has 0 atom stereocenters. The minimum absolute atomic E-state index is 0.00868. The van der Waals surface area contributed by atoms with Crippen LogP contribution in [0.1, 0.15) is 18.1 Å². The van der Waals surface area contributed by atoms with Crippen molar-refractivity contribution in [1.82, 2.24) is 0 Å². The molecule has 0 heterocycles. The number of ketones is 1. The van der Waals surface area contributed by atoms with Crippen molar-refractivity contribution in [3.63, 3.8) is 0 Å². The van der Waals surface area contributed by atoms with Gasteiger partial charge in [0.15, 0.2) is 11.3 Å². The third-order valence-electron chi connectivity index (χ3n) is 3.00. The van der Waals surface area contributed by atoms with E-state index < -0.39 is 29.0 Å². The minimum Gasteiger partial charge on any atom is -0.507 e. The van der Waals surface area contributed by atoms with Crippen molar-refractivity contribution < 1.29 is 29.0 Å². The molecule has 3 N–H and O–H groups in total. The van der Waals surface area contributed by atoms with Crippen molar-refractivity contribution in [2.45, 2.75) is 13.8 Å². The molecule has 0 aliphatic heterocycles. The minimum atomic E-state index is -1.16. The SMILES string of the molecule is CCOC(=O)C(C(N)=O)=C(OC)C(=O)C=C(O)c1ccc(C)cc1. The maximum atomic E-state index is 12.2. The molecule has 1 amide bonds. The number of ether oxygens (including phenoxy) is 2. The molecular formula is C17H19NO6. The lowest BCUT2D eigenvalue weighted by Gasteiger charge is -2.09. The Kier molecular flexibility index (Phi) is 6.73. The van der Waals surface area contributed by atoms with Crippen LogP contribution in [0.5, 0.6) is 0 Å². The van der Waals surface area contributed by atoms with Gasteiger partial charge in [-0.15, -0.1) is 0 Å². The van der Waals surface area contributed by atoms with Gasteiger partial charge in [-0.05, 0) is 13.8 Å². The standard InChI is InChI=1S/C17H19NO6/c1-4-24-17(22)14(16(18)21)15(23-3)13(20)9-12(19)11-7-5-10(2)6-8-11/h5-9,19H,4H2,1-3H3,(H2,18,21). The molecule has 0 saturated carbocycles. The van der Waals surface area contributed by atoms with Gasteiger partial charge in [0.05, 0.1) is 13.7 Å². The smallest absolute Gasteiger partial charge is 0.347 e. The van der Waals surface area contributed by atoms with Crippen LogP contribution in [-0.2, 0) is 23.9 Å². The zero-order chi connectivity index (χ0) is 18.3. The number of aliphatic hydroxyl groups excluding tert-OH is 1. The largest absolute Gasteiger partial charge is 0.507 e. The van der Waals surface area contributed by atoms with Crippen molar-refractivity contribution in [3.05, 3.63) is 52.8 Å². The molecule has 1 aromatic carbocycles. The normalized spacial score (nSPS) is 12.2. The van der Waals surface area contributed by atoms with Crippen LogP contribution in [0, 0.1) is 6.92 Å². The van der Waals surface area contributed by atoms with E-state index in [-0.39, 0.29) is 12.4 Å². The van der Waals surface area contributed by atoms with Gasteiger partial charge in [-0.3, -0.25) is 9.59 Å². The van der Waals surface area contributed by atoms with E-state index in [1.165, 1.54) is 6.92 Å². The molecule has 0 spiro atoms. The van der Waals surface area contributed by atoms with Gasteiger partial charge in [0.1, 0.15) is 5.76 Å². The third kappa shape index (κ3) is 4.70. The highest BCUT2D eigenvalue weighted by molar-refractivity contribution is 6.22. The lowest BCUT2D eigenvalue weighted by molar-refractivity contribution is -0.140. The Morgan fingerprint density at radius 3 is 2.25 bits per heavy atom. The highest BCUT2D eigenvalue weighted by Crippen LogP contribution is 2.16. The molecule has 1 aromatic rings. The maximum absolute atomic E-state index is 12.2. The Hall–Kier alpha value is -3.09.